The van der Waals surface area contributed by atoms with Crippen molar-refractivity contribution in [1.29, 1.82) is 0 Å². The first-order valence-electron chi connectivity index (χ1n) is 9.01. The number of furan rings is 1. The standard InChI is InChI=1S/C21H13Cl2N3O5S/c1-30-17-9-14(26(28)29)10-18-20(17)25-21(32-18)24-19(27)5-3-15-2-4-16(31-15)11-6-12(22)8-13(23)7-11/h2-10H,1H3,(H,24,25,27)/b5-3+. The Labute approximate surface area is 195 Å². The molecule has 0 atom stereocenters. The van der Waals surface area contributed by atoms with E-state index in [9.17, 15) is 14.9 Å². The van der Waals surface area contributed by atoms with E-state index >= 15 is 0 Å². The predicted octanol–water partition coefficient (Wildman–Crippen LogP) is 6.43. The SMILES string of the molecule is COc1cc([N+](=O)[O-])cc2sc(NC(=O)/C=C/c3ccc(-c4cc(Cl)cc(Cl)c4)o3)nc12. The fourth-order valence-electron chi connectivity index (χ4n) is 2.90. The number of ether oxygens (including phenoxy) is 1. The molecule has 2 heterocycles. The summed E-state index contributed by atoms with van der Waals surface area (Å²) in [5.74, 6) is 0.814. The Morgan fingerprint density at radius 2 is 1.97 bits per heavy atom. The number of thiazole rings is 1. The Bertz CT molecular complexity index is 1360. The molecular weight excluding hydrogens is 477 g/mol. The number of hydrogen-bond acceptors (Lipinski definition) is 7. The van der Waals surface area contributed by atoms with Crippen molar-refractivity contribution in [3.05, 3.63) is 74.5 Å². The van der Waals surface area contributed by atoms with Crippen LogP contribution in [0.2, 0.25) is 10.0 Å². The number of nitro groups is 1. The first-order valence-corrected chi connectivity index (χ1v) is 10.6. The molecule has 2 aromatic heterocycles. The summed E-state index contributed by atoms with van der Waals surface area (Å²) in [6, 6.07) is 11.2. The molecule has 0 bridgehead atoms. The molecule has 1 N–H and O–H groups in total. The third-order valence-electron chi connectivity index (χ3n) is 4.28. The van der Waals surface area contributed by atoms with E-state index in [1.54, 1.807) is 30.3 Å². The molecule has 0 radical (unpaired) electrons. The number of nitrogens with one attached hydrogen (secondary N) is 1. The van der Waals surface area contributed by atoms with Crippen LogP contribution in [0.5, 0.6) is 5.75 Å². The largest absolute Gasteiger partial charge is 0.494 e. The van der Waals surface area contributed by atoms with Gasteiger partial charge in [0.15, 0.2) is 10.9 Å². The molecule has 0 aliphatic heterocycles. The molecule has 0 fully saturated rings. The number of amides is 1. The van der Waals surface area contributed by atoms with Crippen LogP contribution < -0.4 is 10.1 Å². The molecule has 4 rings (SSSR count). The van der Waals surface area contributed by atoms with Crippen molar-refractivity contribution in [1.82, 2.24) is 4.98 Å². The van der Waals surface area contributed by atoms with E-state index in [1.807, 2.05) is 0 Å². The maximum Gasteiger partial charge on any atom is 0.274 e. The molecule has 32 heavy (non-hydrogen) atoms. The van der Waals surface area contributed by atoms with Gasteiger partial charge in [-0.2, -0.15) is 0 Å². The minimum absolute atomic E-state index is 0.120. The molecule has 8 nitrogen and oxygen atoms in total. The monoisotopic (exact) mass is 489 g/mol. The summed E-state index contributed by atoms with van der Waals surface area (Å²) in [6.07, 6.45) is 2.79. The normalized spacial score (nSPS) is 11.2. The fourth-order valence-corrected chi connectivity index (χ4v) is 4.34. The molecule has 0 aliphatic carbocycles. The quantitative estimate of drug-likeness (QED) is 0.190. The first kappa shape index (κ1) is 21.8. The Morgan fingerprint density at radius 1 is 1.22 bits per heavy atom. The Balaban J connectivity index is 1.50. The molecule has 0 aliphatic rings. The van der Waals surface area contributed by atoms with E-state index in [1.165, 1.54) is 31.4 Å². The summed E-state index contributed by atoms with van der Waals surface area (Å²) in [7, 11) is 1.40. The number of nitro benzene ring substituents is 1. The van der Waals surface area contributed by atoms with Gasteiger partial charge < -0.3 is 9.15 Å². The zero-order chi connectivity index (χ0) is 22.8. The molecular formula is C21H13Cl2N3O5S. The van der Waals surface area contributed by atoms with Crippen molar-refractivity contribution < 1.29 is 18.9 Å². The van der Waals surface area contributed by atoms with Gasteiger partial charge in [0, 0.05) is 27.8 Å². The zero-order valence-corrected chi connectivity index (χ0v) is 18.6. The number of nitrogens with zero attached hydrogens (tertiary/aromatic N) is 2. The highest BCUT2D eigenvalue weighted by Crippen LogP contribution is 2.36. The van der Waals surface area contributed by atoms with E-state index in [2.05, 4.69) is 10.3 Å². The Kier molecular flexibility index (Phi) is 6.13. The maximum absolute atomic E-state index is 12.3. The van der Waals surface area contributed by atoms with Crippen molar-refractivity contribution >= 4 is 67.6 Å². The molecule has 11 heteroatoms. The highest BCUT2D eigenvalue weighted by atomic mass is 35.5. The van der Waals surface area contributed by atoms with Crippen LogP contribution in [0.3, 0.4) is 0 Å². The smallest absolute Gasteiger partial charge is 0.274 e. The van der Waals surface area contributed by atoms with Gasteiger partial charge in [0.25, 0.3) is 5.69 Å². The number of hydrogen-bond donors (Lipinski definition) is 1. The molecule has 1 amide bonds. The lowest BCUT2D eigenvalue weighted by atomic mass is 10.2. The number of aromatic nitrogens is 1. The van der Waals surface area contributed by atoms with Gasteiger partial charge in [0.2, 0.25) is 5.91 Å². The molecule has 0 spiro atoms. The van der Waals surface area contributed by atoms with Crippen LogP contribution in [-0.4, -0.2) is 22.9 Å². The number of halogens is 2. The molecule has 162 valence electrons. The predicted molar refractivity (Wildman–Crippen MR) is 125 cm³/mol. The van der Waals surface area contributed by atoms with Gasteiger partial charge in [-0.05, 0) is 36.4 Å². The molecule has 0 saturated carbocycles. The summed E-state index contributed by atoms with van der Waals surface area (Å²) in [5, 5.41) is 15.0. The van der Waals surface area contributed by atoms with Gasteiger partial charge in [-0.3, -0.25) is 20.2 Å². The molecule has 0 saturated heterocycles. The van der Waals surface area contributed by atoms with Crippen LogP contribution in [0, 0.1) is 10.1 Å². The number of anilines is 1. The van der Waals surface area contributed by atoms with E-state index in [0.717, 1.165) is 11.3 Å². The molecule has 4 aromatic rings. The lowest BCUT2D eigenvalue weighted by molar-refractivity contribution is -0.384. The lowest BCUT2D eigenvalue weighted by Gasteiger charge is -2.00. The second-order valence-corrected chi connectivity index (χ2v) is 8.36. The summed E-state index contributed by atoms with van der Waals surface area (Å²) in [5.41, 5.74) is 1.02. The highest BCUT2D eigenvalue weighted by Gasteiger charge is 2.17. The van der Waals surface area contributed by atoms with Gasteiger partial charge in [0.05, 0.1) is 22.8 Å². The van der Waals surface area contributed by atoms with Crippen LogP contribution in [0.4, 0.5) is 10.8 Å². The van der Waals surface area contributed by atoms with Crippen LogP contribution >= 0.6 is 34.5 Å². The molecule has 2 aromatic carbocycles. The highest BCUT2D eigenvalue weighted by molar-refractivity contribution is 7.22. The summed E-state index contributed by atoms with van der Waals surface area (Å²) < 4.78 is 11.4. The summed E-state index contributed by atoms with van der Waals surface area (Å²) >= 11 is 13.1. The number of non-ortho nitro benzene ring substituents is 1. The minimum Gasteiger partial charge on any atom is -0.494 e. The van der Waals surface area contributed by atoms with Crippen molar-refractivity contribution in [2.24, 2.45) is 0 Å². The fraction of sp³-hybridized carbons (Fsp3) is 0.0476. The van der Waals surface area contributed by atoms with Gasteiger partial charge in [-0.1, -0.05) is 34.5 Å². The number of carbonyl (C=O) groups is 1. The van der Waals surface area contributed by atoms with Crippen molar-refractivity contribution in [2.75, 3.05) is 12.4 Å². The van der Waals surface area contributed by atoms with E-state index in [4.69, 9.17) is 32.4 Å². The average Bonchev–Trinajstić information content (AvgIpc) is 3.37. The number of carbonyl (C=O) groups excluding carboxylic acids is 1. The van der Waals surface area contributed by atoms with Crippen molar-refractivity contribution in [2.45, 2.75) is 0 Å². The minimum atomic E-state index is -0.516. The maximum atomic E-state index is 12.3. The van der Waals surface area contributed by atoms with E-state index in [-0.39, 0.29) is 16.6 Å². The second kappa shape index (κ2) is 8.99. The third-order valence-corrected chi connectivity index (χ3v) is 5.63. The lowest BCUT2D eigenvalue weighted by Crippen LogP contribution is -2.07. The Morgan fingerprint density at radius 3 is 2.66 bits per heavy atom. The van der Waals surface area contributed by atoms with E-state index < -0.39 is 10.8 Å². The van der Waals surface area contributed by atoms with Crippen LogP contribution in [0.15, 0.2) is 53.0 Å². The van der Waals surface area contributed by atoms with E-state index in [0.29, 0.717) is 37.3 Å². The number of fused-ring (bicyclic) bond motifs is 1. The second-order valence-electron chi connectivity index (χ2n) is 6.45. The summed E-state index contributed by atoms with van der Waals surface area (Å²) in [6.45, 7) is 0. The van der Waals surface area contributed by atoms with Crippen LogP contribution in [0.25, 0.3) is 27.6 Å². The first-order chi connectivity index (χ1) is 15.3. The van der Waals surface area contributed by atoms with Gasteiger partial charge in [-0.15, -0.1) is 0 Å². The van der Waals surface area contributed by atoms with Crippen molar-refractivity contribution in [3.63, 3.8) is 0 Å². The number of rotatable bonds is 6. The zero-order valence-electron chi connectivity index (χ0n) is 16.3. The van der Waals surface area contributed by atoms with Crippen LogP contribution in [-0.2, 0) is 4.79 Å². The van der Waals surface area contributed by atoms with Crippen LogP contribution in [0.1, 0.15) is 5.76 Å². The van der Waals surface area contributed by atoms with Crippen molar-refractivity contribution in [3.8, 4) is 17.1 Å². The topological polar surface area (TPSA) is 108 Å². The Hall–Kier alpha value is -3.40. The summed E-state index contributed by atoms with van der Waals surface area (Å²) in [4.78, 5) is 27.2. The van der Waals surface area contributed by atoms with Gasteiger partial charge in [0.1, 0.15) is 17.0 Å². The molecule has 0 unspecified atom stereocenters. The van der Waals surface area contributed by atoms with Gasteiger partial charge >= 0.3 is 0 Å². The average molecular weight is 490 g/mol. The number of benzene rings is 2. The van der Waals surface area contributed by atoms with Gasteiger partial charge in [-0.25, -0.2) is 4.98 Å². The third kappa shape index (κ3) is 4.75. The number of methoxy groups -OCH3 is 1.